The molecule has 8 heteroatoms. The number of aldehydes is 1. The Balaban J connectivity index is 3.07. The highest BCUT2D eigenvalue weighted by Gasteiger charge is 2.31. The van der Waals surface area contributed by atoms with Crippen molar-refractivity contribution in [3.63, 3.8) is 0 Å². The summed E-state index contributed by atoms with van der Waals surface area (Å²) in [5.74, 6) is -0.577. The summed E-state index contributed by atoms with van der Waals surface area (Å²) in [7, 11) is 0. The number of alkyl halides is 4. The van der Waals surface area contributed by atoms with Gasteiger partial charge < -0.3 is 14.9 Å². The normalized spacial score (nSPS) is 14.7. The molecule has 0 amide bonds. The van der Waals surface area contributed by atoms with Gasteiger partial charge in [0.1, 0.15) is 18.1 Å². The second-order valence-corrected chi connectivity index (χ2v) is 4.37. The molecule has 20 heavy (non-hydrogen) atoms. The number of aliphatic hydroxyl groups is 2. The molecule has 0 aliphatic heterocycles. The molecule has 2 atom stereocenters. The molecule has 0 saturated heterocycles. The molecule has 0 fully saturated rings. The zero-order chi connectivity index (χ0) is 15.3. The number of carbonyl (C=O) groups excluding carboxylic acids is 1. The van der Waals surface area contributed by atoms with E-state index < -0.39 is 24.3 Å². The zero-order valence-electron chi connectivity index (χ0n) is 10.1. The maximum absolute atomic E-state index is 12.1. The highest BCUT2D eigenvalue weighted by atomic mass is 35.5. The van der Waals surface area contributed by atoms with Gasteiger partial charge in [0.25, 0.3) is 0 Å². The van der Waals surface area contributed by atoms with Crippen LogP contribution in [0.25, 0.3) is 0 Å². The van der Waals surface area contributed by atoms with E-state index in [2.05, 4.69) is 4.74 Å². The summed E-state index contributed by atoms with van der Waals surface area (Å²) in [5.41, 5.74) is -0.176. The summed E-state index contributed by atoms with van der Waals surface area (Å²) in [4.78, 5) is 10.7. The number of aliphatic hydroxyl groups excluding tert-OH is 2. The largest absolute Gasteiger partial charge is 0.573 e. The van der Waals surface area contributed by atoms with Crippen molar-refractivity contribution in [2.75, 3.05) is 5.88 Å². The standard InChI is InChI=1S/C12H12ClF3O4/c13-2-1-10(18)11(19)8-3-7(6-17)4-9(5-8)20-12(14,15)16/h3-6,10-11,18-19H,1-2H2. The van der Waals surface area contributed by atoms with Crippen LogP contribution in [0.5, 0.6) is 5.75 Å². The van der Waals surface area contributed by atoms with Crippen molar-refractivity contribution in [3.05, 3.63) is 29.3 Å². The van der Waals surface area contributed by atoms with Crippen LogP contribution < -0.4 is 4.74 Å². The van der Waals surface area contributed by atoms with E-state index in [1.807, 2.05) is 0 Å². The van der Waals surface area contributed by atoms with Crippen molar-refractivity contribution in [3.8, 4) is 5.75 Å². The fourth-order valence-electron chi connectivity index (χ4n) is 1.57. The summed E-state index contributed by atoms with van der Waals surface area (Å²) in [5, 5.41) is 19.4. The van der Waals surface area contributed by atoms with Crippen LogP contribution in [-0.4, -0.2) is 34.8 Å². The number of halogens is 4. The Morgan fingerprint density at radius 3 is 2.45 bits per heavy atom. The third kappa shape index (κ3) is 4.99. The van der Waals surface area contributed by atoms with Gasteiger partial charge in [0.05, 0.1) is 6.10 Å². The number of ether oxygens (including phenoxy) is 1. The molecule has 0 saturated carbocycles. The van der Waals surface area contributed by atoms with Gasteiger partial charge >= 0.3 is 6.36 Å². The summed E-state index contributed by atoms with van der Waals surface area (Å²) < 4.78 is 40.1. The maximum Gasteiger partial charge on any atom is 0.573 e. The number of hydrogen-bond donors (Lipinski definition) is 2. The van der Waals surface area contributed by atoms with E-state index in [0.717, 1.165) is 12.1 Å². The molecule has 0 aromatic heterocycles. The first-order valence-corrected chi connectivity index (χ1v) is 6.08. The Bertz CT molecular complexity index is 465. The predicted octanol–water partition coefficient (Wildman–Crippen LogP) is 2.42. The minimum atomic E-state index is -4.92. The van der Waals surface area contributed by atoms with Crippen LogP contribution in [0.1, 0.15) is 28.4 Å². The van der Waals surface area contributed by atoms with Gasteiger partial charge in [-0.05, 0) is 30.2 Å². The average molecular weight is 313 g/mol. The van der Waals surface area contributed by atoms with Crippen LogP contribution in [0.3, 0.4) is 0 Å². The molecule has 2 N–H and O–H groups in total. The number of benzene rings is 1. The Kier molecular flexibility index (Phi) is 5.79. The summed E-state index contributed by atoms with van der Waals surface area (Å²) in [6.07, 6.45) is -7.28. The van der Waals surface area contributed by atoms with Gasteiger partial charge in [0.15, 0.2) is 0 Å². The van der Waals surface area contributed by atoms with Gasteiger partial charge in [-0.3, -0.25) is 4.79 Å². The first-order valence-electron chi connectivity index (χ1n) is 5.55. The molecule has 0 aliphatic carbocycles. The fourth-order valence-corrected chi connectivity index (χ4v) is 1.79. The third-order valence-corrected chi connectivity index (χ3v) is 2.65. The van der Waals surface area contributed by atoms with E-state index in [1.165, 1.54) is 6.07 Å². The van der Waals surface area contributed by atoms with E-state index in [9.17, 15) is 28.2 Å². The van der Waals surface area contributed by atoms with Gasteiger partial charge in [-0.15, -0.1) is 24.8 Å². The monoisotopic (exact) mass is 312 g/mol. The third-order valence-electron chi connectivity index (χ3n) is 2.43. The van der Waals surface area contributed by atoms with Crippen molar-refractivity contribution < 1.29 is 32.9 Å². The van der Waals surface area contributed by atoms with Gasteiger partial charge in [-0.2, -0.15) is 0 Å². The van der Waals surface area contributed by atoms with E-state index in [0.29, 0.717) is 6.29 Å². The number of rotatable bonds is 6. The molecule has 0 bridgehead atoms. The Morgan fingerprint density at radius 2 is 1.95 bits per heavy atom. The Hall–Kier alpha value is -1.31. The number of hydrogen-bond acceptors (Lipinski definition) is 4. The second-order valence-electron chi connectivity index (χ2n) is 3.99. The van der Waals surface area contributed by atoms with Gasteiger partial charge in [0, 0.05) is 11.4 Å². The van der Waals surface area contributed by atoms with Crippen molar-refractivity contribution in [1.82, 2.24) is 0 Å². The summed E-state index contributed by atoms with van der Waals surface area (Å²) in [6, 6.07) is 2.95. The minimum absolute atomic E-state index is 0.0451. The topological polar surface area (TPSA) is 66.8 Å². The molecule has 1 aromatic carbocycles. The Labute approximate surface area is 117 Å². The molecule has 2 unspecified atom stereocenters. The van der Waals surface area contributed by atoms with Crippen molar-refractivity contribution >= 4 is 17.9 Å². The van der Waals surface area contributed by atoms with E-state index in [1.54, 1.807) is 0 Å². The molecule has 0 heterocycles. The van der Waals surface area contributed by atoms with E-state index in [-0.39, 0.29) is 23.4 Å². The lowest BCUT2D eigenvalue weighted by atomic mass is 10.0. The predicted molar refractivity (Wildman–Crippen MR) is 64.8 cm³/mol. The van der Waals surface area contributed by atoms with Gasteiger partial charge in [-0.25, -0.2) is 0 Å². The summed E-state index contributed by atoms with van der Waals surface area (Å²) in [6.45, 7) is 0. The van der Waals surface area contributed by atoms with Crippen molar-refractivity contribution in [1.29, 1.82) is 0 Å². The highest BCUT2D eigenvalue weighted by molar-refractivity contribution is 6.17. The van der Waals surface area contributed by atoms with Crippen LogP contribution in [0, 0.1) is 0 Å². The molecular formula is C12H12ClF3O4. The molecule has 4 nitrogen and oxygen atoms in total. The lowest BCUT2D eigenvalue weighted by molar-refractivity contribution is -0.274. The molecule has 0 aliphatic rings. The smallest absolute Gasteiger partial charge is 0.406 e. The minimum Gasteiger partial charge on any atom is -0.406 e. The SMILES string of the molecule is O=Cc1cc(OC(F)(F)F)cc(C(O)C(O)CCCl)c1. The summed E-state index contributed by atoms with van der Waals surface area (Å²) >= 11 is 5.40. The lowest BCUT2D eigenvalue weighted by Crippen LogP contribution is -2.20. The fraction of sp³-hybridized carbons (Fsp3) is 0.417. The van der Waals surface area contributed by atoms with Crippen LogP contribution in [0.15, 0.2) is 18.2 Å². The van der Waals surface area contributed by atoms with Crippen LogP contribution in [-0.2, 0) is 0 Å². The molecule has 0 radical (unpaired) electrons. The first kappa shape index (κ1) is 16.7. The molecular weight excluding hydrogens is 301 g/mol. The van der Waals surface area contributed by atoms with Crippen LogP contribution >= 0.6 is 11.6 Å². The lowest BCUT2D eigenvalue weighted by Gasteiger charge is -2.19. The van der Waals surface area contributed by atoms with Crippen molar-refractivity contribution in [2.24, 2.45) is 0 Å². The number of carbonyl (C=O) groups is 1. The van der Waals surface area contributed by atoms with Crippen molar-refractivity contribution in [2.45, 2.75) is 25.0 Å². The molecule has 1 aromatic rings. The first-order chi connectivity index (χ1) is 9.26. The quantitative estimate of drug-likeness (QED) is 0.625. The van der Waals surface area contributed by atoms with Gasteiger partial charge in [0.2, 0.25) is 0 Å². The van der Waals surface area contributed by atoms with E-state index >= 15 is 0 Å². The maximum atomic E-state index is 12.1. The van der Waals surface area contributed by atoms with Gasteiger partial charge in [-0.1, -0.05) is 0 Å². The van der Waals surface area contributed by atoms with Crippen LogP contribution in [0.2, 0.25) is 0 Å². The molecule has 112 valence electrons. The zero-order valence-corrected chi connectivity index (χ0v) is 10.9. The molecule has 1 rings (SSSR count). The Morgan fingerprint density at radius 1 is 1.30 bits per heavy atom. The molecule has 0 spiro atoms. The van der Waals surface area contributed by atoms with E-state index in [4.69, 9.17) is 11.6 Å². The second kappa shape index (κ2) is 6.92. The van der Waals surface area contributed by atoms with Crippen LogP contribution in [0.4, 0.5) is 13.2 Å². The highest BCUT2D eigenvalue weighted by Crippen LogP contribution is 2.28. The average Bonchev–Trinajstić information content (AvgIpc) is 2.35.